The quantitative estimate of drug-likeness (QED) is 0.667. The highest BCUT2D eigenvalue weighted by Crippen LogP contribution is 2.12. The maximum atomic E-state index is 11.8. The molecule has 18 heavy (non-hydrogen) atoms. The molecule has 2 aromatic rings. The van der Waals surface area contributed by atoms with Gasteiger partial charge in [-0.3, -0.25) is 4.79 Å². The molecule has 0 fully saturated rings. The first-order valence-electron chi connectivity index (χ1n) is 5.61. The van der Waals surface area contributed by atoms with Crippen LogP contribution in [-0.4, -0.2) is 12.1 Å². The third-order valence-electron chi connectivity index (χ3n) is 2.53. The van der Waals surface area contributed by atoms with Gasteiger partial charge in [0.05, 0.1) is 6.21 Å². The molecule has 0 aliphatic rings. The Hall–Kier alpha value is -1.94. The predicted octanol–water partition coefficient (Wildman–Crippen LogP) is 3.13. The zero-order chi connectivity index (χ0) is 13.0. The zero-order valence-corrected chi connectivity index (χ0v) is 11.1. The second kappa shape index (κ2) is 5.60. The van der Waals surface area contributed by atoms with Crippen molar-refractivity contribution in [2.24, 2.45) is 5.10 Å². The van der Waals surface area contributed by atoms with Crippen molar-refractivity contribution in [1.29, 1.82) is 0 Å². The van der Waals surface area contributed by atoms with E-state index in [0.717, 1.165) is 16.0 Å². The number of carbonyl (C=O) groups is 1. The predicted molar refractivity (Wildman–Crippen MR) is 75.3 cm³/mol. The highest BCUT2D eigenvalue weighted by atomic mass is 32.1. The Morgan fingerprint density at radius 1 is 1.33 bits per heavy atom. The van der Waals surface area contributed by atoms with Crippen molar-refractivity contribution in [2.45, 2.75) is 13.8 Å². The molecule has 0 bridgehead atoms. The van der Waals surface area contributed by atoms with Gasteiger partial charge in [0.25, 0.3) is 5.91 Å². The standard InChI is InChI=1S/C14H14N2OS/c1-10-4-3-5-12(8-10)14(17)16-15-9-13-11(2)6-7-18-13/h3-9H,1-2H3,(H,16,17)/b15-9+. The molecular weight excluding hydrogens is 244 g/mol. The average Bonchev–Trinajstić information content (AvgIpc) is 2.75. The lowest BCUT2D eigenvalue weighted by Gasteiger charge is -2.00. The monoisotopic (exact) mass is 258 g/mol. The number of rotatable bonds is 3. The molecular formula is C14H14N2OS. The first kappa shape index (κ1) is 12.5. The lowest BCUT2D eigenvalue weighted by molar-refractivity contribution is 0.0955. The summed E-state index contributed by atoms with van der Waals surface area (Å²) in [5.74, 6) is -0.191. The van der Waals surface area contributed by atoms with Crippen LogP contribution in [0.15, 0.2) is 40.8 Å². The molecule has 0 aliphatic carbocycles. The van der Waals surface area contributed by atoms with E-state index in [4.69, 9.17) is 0 Å². The largest absolute Gasteiger partial charge is 0.271 e. The highest BCUT2D eigenvalue weighted by Gasteiger charge is 2.03. The number of carbonyl (C=O) groups excluding carboxylic acids is 1. The Morgan fingerprint density at radius 3 is 2.83 bits per heavy atom. The Bertz CT molecular complexity index is 587. The number of aryl methyl sites for hydroxylation is 2. The normalized spacial score (nSPS) is 10.8. The summed E-state index contributed by atoms with van der Waals surface area (Å²) in [7, 11) is 0. The molecule has 0 unspecified atom stereocenters. The summed E-state index contributed by atoms with van der Waals surface area (Å²) in [5.41, 5.74) is 5.37. The van der Waals surface area contributed by atoms with Crippen LogP contribution in [0.4, 0.5) is 0 Å². The van der Waals surface area contributed by atoms with Gasteiger partial charge in [0.15, 0.2) is 0 Å². The van der Waals surface area contributed by atoms with Gasteiger partial charge in [-0.05, 0) is 43.0 Å². The van der Waals surface area contributed by atoms with Crippen molar-refractivity contribution < 1.29 is 4.79 Å². The topological polar surface area (TPSA) is 41.5 Å². The van der Waals surface area contributed by atoms with Crippen molar-refractivity contribution in [3.8, 4) is 0 Å². The summed E-state index contributed by atoms with van der Waals surface area (Å²) in [6.07, 6.45) is 1.67. The summed E-state index contributed by atoms with van der Waals surface area (Å²) in [4.78, 5) is 12.8. The number of benzene rings is 1. The molecule has 3 nitrogen and oxygen atoms in total. The van der Waals surface area contributed by atoms with Crippen molar-refractivity contribution >= 4 is 23.5 Å². The van der Waals surface area contributed by atoms with Gasteiger partial charge in [-0.15, -0.1) is 11.3 Å². The van der Waals surface area contributed by atoms with Crippen LogP contribution in [-0.2, 0) is 0 Å². The van der Waals surface area contributed by atoms with Crippen LogP contribution in [0, 0.1) is 13.8 Å². The van der Waals surface area contributed by atoms with E-state index in [9.17, 15) is 4.79 Å². The number of hydrazone groups is 1. The van der Waals surface area contributed by atoms with Crippen LogP contribution in [0.25, 0.3) is 0 Å². The molecule has 1 aromatic carbocycles. The SMILES string of the molecule is Cc1cccc(C(=O)N/N=C/c2sccc2C)c1. The summed E-state index contributed by atoms with van der Waals surface area (Å²) in [6.45, 7) is 3.97. The third kappa shape index (κ3) is 3.05. The van der Waals surface area contributed by atoms with E-state index < -0.39 is 0 Å². The van der Waals surface area contributed by atoms with Crippen molar-refractivity contribution in [1.82, 2.24) is 5.43 Å². The lowest BCUT2D eigenvalue weighted by Crippen LogP contribution is -2.17. The third-order valence-corrected chi connectivity index (χ3v) is 3.48. The fourth-order valence-electron chi connectivity index (χ4n) is 1.52. The molecule has 2 rings (SSSR count). The number of nitrogens with zero attached hydrogens (tertiary/aromatic N) is 1. The second-order valence-corrected chi connectivity index (χ2v) is 4.98. The molecule has 0 atom stereocenters. The Balaban J connectivity index is 2.01. The van der Waals surface area contributed by atoms with E-state index >= 15 is 0 Å². The number of thiophene rings is 1. The maximum Gasteiger partial charge on any atom is 0.271 e. The number of hydrogen-bond acceptors (Lipinski definition) is 3. The van der Waals surface area contributed by atoms with Gasteiger partial charge in [0.1, 0.15) is 0 Å². The average molecular weight is 258 g/mol. The summed E-state index contributed by atoms with van der Waals surface area (Å²) < 4.78 is 0. The minimum atomic E-state index is -0.191. The summed E-state index contributed by atoms with van der Waals surface area (Å²) in [6, 6.07) is 9.44. The summed E-state index contributed by atoms with van der Waals surface area (Å²) >= 11 is 1.60. The first-order valence-corrected chi connectivity index (χ1v) is 6.49. The Labute approximate surface area is 110 Å². The number of amides is 1. The molecule has 0 radical (unpaired) electrons. The van der Waals surface area contributed by atoms with E-state index in [1.54, 1.807) is 23.6 Å². The minimum absolute atomic E-state index is 0.191. The molecule has 1 amide bonds. The van der Waals surface area contributed by atoms with Crippen molar-refractivity contribution in [2.75, 3.05) is 0 Å². The number of nitrogens with one attached hydrogen (secondary N) is 1. The van der Waals surface area contributed by atoms with Gasteiger partial charge in [-0.2, -0.15) is 5.10 Å². The maximum absolute atomic E-state index is 11.8. The van der Waals surface area contributed by atoms with Gasteiger partial charge in [0, 0.05) is 10.4 Å². The molecule has 0 saturated carbocycles. The van der Waals surface area contributed by atoms with Gasteiger partial charge in [0.2, 0.25) is 0 Å². The van der Waals surface area contributed by atoms with Crippen LogP contribution >= 0.6 is 11.3 Å². The first-order chi connectivity index (χ1) is 8.66. The van der Waals surface area contributed by atoms with Gasteiger partial charge < -0.3 is 0 Å². The Morgan fingerprint density at radius 2 is 2.17 bits per heavy atom. The molecule has 1 N–H and O–H groups in total. The van der Waals surface area contributed by atoms with Crippen molar-refractivity contribution in [3.05, 3.63) is 57.3 Å². The highest BCUT2D eigenvalue weighted by molar-refractivity contribution is 7.11. The fraction of sp³-hybridized carbons (Fsp3) is 0.143. The lowest BCUT2D eigenvalue weighted by atomic mass is 10.1. The van der Waals surface area contributed by atoms with E-state index in [-0.39, 0.29) is 5.91 Å². The van der Waals surface area contributed by atoms with Crippen LogP contribution < -0.4 is 5.43 Å². The van der Waals surface area contributed by atoms with Gasteiger partial charge >= 0.3 is 0 Å². The van der Waals surface area contributed by atoms with E-state index in [1.807, 2.05) is 43.5 Å². The molecule has 1 heterocycles. The van der Waals surface area contributed by atoms with Crippen LogP contribution in [0.1, 0.15) is 26.4 Å². The summed E-state index contributed by atoms with van der Waals surface area (Å²) in [5, 5.41) is 5.97. The van der Waals surface area contributed by atoms with E-state index in [2.05, 4.69) is 10.5 Å². The van der Waals surface area contributed by atoms with Gasteiger partial charge in [-0.25, -0.2) is 5.43 Å². The van der Waals surface area contributed by atoms with Crippen LogP contribution in [0.2, 0.25) is 0 Å². The molecule has 4 heteroatoms. The smallest absolute Gasteiger partial charge is 0.267 e. The molecule has 0 saturated heterocycles. The molecule has 0 aliphatic heterocycles. The minimum Gasteiger partial charge on any atom is -0.267 e. The zero-order valence-electron chi connectivity index (χ0n) is 10.3. The van der Waals surface area contributed by atoms with E-state index in [0.29, 0.717) is 5.56 Å². The molecule has 92 valence electrons. The second-order valence-electron chi connectivity index (χ2n) is 4.04. The fourth-order valence-corrected chi connectivity index (χ4v) is 2.30. The van der Waals surface area contributed by atoms with E-state index in [1.165, 1.54) is 0 Å². The Kier molecular flexibility index (Phi) is 3.89. The molecule has 0 spiro atoms. The van der Waals surface area contributed by atoms with Gasteiger partial charge in [-0.1, -0.05) is 17.7 Å². The van der Waals surface area contributed by atoms with Crippen LogP contribution in [0.3, 0.4) is 0 Å². The molecule has 1 aromatic heterocycles. The van der Waals surface area contributed by atoms with Crippen molar-refractivity contribution in [3.63, 3.8) is 0 Å². The van der Waals surface area contributed by atoms with Crippen LogP contribution in [0.5, 0.6) is 0 Å². The number of hydrogen-bond donors (Lipinski definition) is 1.